The Balaban J connectivity index is 1.92. The van der Waals surface area contributed by atoms with Crippen molar-refractivity contribution in [2.75, 3.05) is 13.1 Å². The summed E-state index contributed by atoms with van der Waals surface area (Å²) in [5.74, 6) is 1.55. The molecule has 3 rings (SSSR count). The molecule has 2 aromatic rings. The molecule has 6 nitrogen and oxygen atoms in total. The van der Waals surface area contributed by atoms with E-state index >= 15 is 0 Å². The Labute approximate surface area is 182 Å². The van der Waals surface area contributed by atoms with Gasteiger partial charge in [0.05, 0.1) is 0 Å². The summed E-state index contributed by atoms with van der Waals surface area (Å²) in [6.07, 6.45) is 6.62. The molecule has 2 heterocycles. The minimum atomic E-state index is -0.472. The van der Waals surface area contributed by atoms with Gasteiger partial charge in [0.1, 0.15) is 5.69 Å². The maximum atomic E-state index is 11.6. The number of hydroxylamine groups is 1. The van der Waals surface area contributed by atoms with Gasteiger partial charge in [0.25, 0.3) is 0 Å². The van der Waals surface area contributed by atoms with E-state index in [1.54, 1.807) is 10.4 Å². The van der Waals surface area contributed by atoms with Crippen molar-refractivity contribution in [3.63, 3.8) is 0 Å². The first-order chi connectivity index (χ1) is 14.4. The van der Waals surface area contributed by atoms with Gasteiger partial charge >= 0.3 is 6.03 Å². The van der Waals surface area contributed by atoms with Crippen LogP contribution < -0.4 is 5.48 Å². The van der Waals surface area contributed by atoms with E-state index in [1.165, 1.54) is 5.57 Å². The van der Waals surface area contributed by atoms with Gasteiger partial charge in [0.15, 0.2) is 11.7 Å². The average Bonchev–Trinajstić information content (AvgIpc) is 3.22. The Morgan fingerprint density at radius 2 is 1.93 bits per heavy atom. The van der Waals surface area contributed by atoms with E-state index in [4.69, 9.17) is 26.2 Å². The topological polar surface area (TPSA) is 78.6 Å². The number of hydrogen-bond acceptors (Lipinski definition) is 4. The highest BCUT2D eigenvalue weighted by Gasteiger charge is 2.28. The molecule has 7 heteroatoms. The fourth-order valence-electron chi connectivity index (χ4n) is 3.44. The molecule has 1 fully saturated rings. The van der Waals surface area contributed by atoms with Crippen molar-refractivity contribution in [3.8, 4) is 11.3 Å². The molecule has 0 spiro atoms. The molecule has 2 amide bonds. The molecule has 0 aliphatic carbocycles. The Morgan fingerprint density at radius 1 is 1.27 bits per heavy atom. The third-order valence-corrected chi connectivity index (χ3v) is 5.77. The van der Waals surface area contributed by atoms with Crippen LogP contribution in [0.25, 0.3) is 16.8 Å². The number of nitrogens with zero attached hydrogens (tertiary/aromatic N) is 2. The first kappa shape index (κ1) is 22.1. The zero-order chi connectivity index (χ0) is 21.7. The smallest absolute Gasteiger partial charge is 0.341 e. The van der Waals surface area contributed by atoms with Crippen LogP contribution in [0.15, 0.2) is 46.4 Å². The van der Waals surface area contributed by atoms with Crippen LogP contribution in [0.2, 0.25) is 5.02 Å². The molecule has 160 valence electrons. The highest BCUT2D eigenvalue weighted by Crippen LogP contribution is 2.35. The normalized spacial score (nSPS) is 16.1. The molecule has 0 bridgehead atoms. The fraction of sp³-hybridized carbons (Fsp3) is 0.391. The number of benzene rings is 1. The van der Waals surface area contributed by atoms with Gasteiger partial charge in [0, 0.05) is 29.6 Å². The summed E-state index contributed by atoms with van der Waals surface area (Å²) < 4.78 is 6.28. The van der Waals surface area contributed by atoms with Crippen molar-refractivity contribution in [3.05, 3.63) is 58.7 Å². The van der Waals surface area contributed by atoms with E-state index < -0.39 is 6.03 Å². The van der Waals surface area contributed by atoms with Crippen molar-refractivity contribution in [2.45, 2.75) is 46.0 Å². The molecule has 0 radical (unpaired) electrons. The number of carbonyl (C=O) groups excluding carboxylic acids is 1. The van der Waals surface area contributed by atoms with E-state index in [0.717, 1.165) is 41.9 Å². The Kier molecular flexibility index (Phi) is 7.34. The van der Waals surface area contributed by atoms with E-state index in [0.29, 0.717) is 24.0 Å². The number of hydrogen-bond donors (Lipinski definition) is 2. The molecule has 1 aromatic carbocycles. The van der Waals surface area contributed by atoms with Crippen LogP contribution in [-0.4, -0.2) is 34.2 Å². The van der Waals surface area contributed by atoms with Crippen molar-refractivity contribution in [1.29, 1.82) is 0 Å². The third-order valence-electron chi connectivity index (χ3n) is 5.52. The summed E-state index contributed by atoms with van der Waals surface area (Å²) in [4.78, 5) is 18.1. The number of allylic oxidation sites excluding steroid dienone is 4. The minimum absolute atomic E-state index is 0.119. The largest absolute Gasteiger partial charge is 0.440 e. The van der Waals surface area contributed by atoms with Crippen molar-refractivity contribution >= 4 is 23.2 Å². The van der Waals surface area contributed by atoms with Crippen molar-refractivity contribution in [2.24, 2.45) is 0 Å². The second-order valence-electron chi connectivity index (χ2n) is 7.63. The molecular formula is C23H28ClN3O3. The summed E-state index contributed by atoms with van der Waals surface area (Å²) in [5.41, 5.74) is 5.74. The Morgan fingerprint density at radius 3 is 2.53 bits per heavy atom. The average molecular weight is 430 g/mol. The lowest BCUT2D eigenvalue weighted by Crippen LogP contribution is -2.43. The van der Waals surface area contributed by atoms with Crippen LogP contribution in [0.4, 0.5) is 4.79 Å². The summed E-state index contributed by atoms with van der Waals surface area (Å²) in [7, 11) is 0. The summed E-state index contributed by atoms with van der Waals surface area (Å²) >= 11 is 6.06. The van der Waals surface area contributed by atoms with Crippen molar-refractivity contribution in [1.82, 2.24) is 15.4 Å². The number of urea groups is 1. The lowest BCUT2D eigenvalue weighted by Gasteiger charge is -2.29. The lowest BCUT2D eigenvalue weighted by atomic mass is 9.97. The zero-order valence-corrected chi connectivity index (χ0v) is 18.4. The number of nitrogens with one attached hydrogen (secondary N) is 1. The quantitative estimate of drug-likeness (QED) is 0.345. The summed E-state index contributed by atoms with van der Waals surface area (Å²) in [6, 6.07) is 7.12. The molecule has 0 saturated carbocycles. The van der Waals surface area contributed by atoms with Crippen LogP contribution in [0.5, 0.6) is 0 Å². The molecule has 0 unspecified atom stereocenters. The number of amides is 2. The van der Waals surface area contributed by atoms with Gasteiger partial charge < -0.3 is 9.32 Å². The first-order valence-corrected chi connectivity index (χ1v) is 10.6. The van der Waals surface area contributed by atoms with E-state index in [-0.39, 0.29) is 5.92 Å². The van der Waals surface area contributed by atoms with Crippen LogP contribution in [0.3, 0.4) is 0 Å². The van der Waals surface area contributed by atoms with Crippen LogP contribution in [0, 0.1) is 0 Å². The van der Waals surface area contributed by atoms with E-state index in [2.05, 4.69) is 26.0 Å². The standard InChI is InChI=1S/C23H28ClN3O3/c1-4-15(2)5-6-16(3)21-20(17-7-9-19(24)10-8-17)25-22(30-21)18-11-13-27(14-12-18)23(28)26-29/h5-10,18,29H,4,11-14H2,1-3H3,(H,26,28)/b15-5-,16-6+. The monoisotopic (exact) mass is 429 g/mol. The lowest BCUT2D eigenvalue weighted by molar-refractivity contribution is 0.118. The number of carbonyl (C=O) groups is 1. The predicted molar refractivity (Wildman–Crippen MR) is 119 cm³/mol. The number of rotatable bonds is 5. The molecule has 2 N–H and O–H groups in total. The zero-order valence-electron chi connectivity index (χ0n) is 17.6. The number of oxazole rings is 1. The van der Waals surface area contributed by atoms with Gasteiger partial charge in [-0.05, 0) is 50.8 Å². The highest BCUT2D eigenvalue weighted by molar-refractivity contribution is 6.30. The minimum Gasteiger partial charge on any atom is -0.440 e. The van der Waals surface area contributed by atoms with Gasteiger partial charge in [-0.2, -0.15) is 0 Å². The van der Waals surface area contributed by atoms with Crippen LogP contribution >= 0.6 is 11.6 Å². The van der Waals surface area contributed by atoms with E-state index in [9.17, 15) is 4.79 Å². The number of halogens is 1. The number of likely N-dealkylation sites (tertiary alicyclic amines) is 1. The molecule has 1 saturated heterocycles. The third kappa shape index (κ3) is 5.12. The number of piperidine rings is 1. The van der Waals surface area contributed by atoms with Crippen LogP contribution in [-0.2, 0) is 0 Å². The van der Waals surface area contributed by atoms with Crippen LogP contribution in [0.1, 0.15) is 57.6 Å². The molecule has 0 atom stereocenters. The number of aromatic nitrogens is 1. The highest BCUT2D eigenvalue weighted by atomic mass is 35.5. The van der Waals surface area contributed by atoms with Gasteiger partial charge in [-0.15, -0.1) is 0 Å². The molecule has 30 heavy (non-hydrogen) atoms. The van der Waals surface area contributed by atoms with E-state index in [1.807, 2.05) is 31.2 Å². The molecule has 1 aromatic heterocycles. The predicted octanol–water partition coefficient (Wildman–Crippen LogP) is 6.03. The van der Waals surface area contributed by atoms with Gasteiger partial charge in [0.2, 0.25) is 0 Å². The Bertz CT molecular complexity index is 939. The summed E-state index contributed by atoms with van der Waals surface area (Å²) in [5, 5.41) is 9.50. The van der Waals surface area contributed by atoms with Gasteiger partial charge in [-0.3, -0.25) is 5.21 Å². The molecule has 1 aliphatic rings. The van der Waals surface area contributed by atoms with Crippen molar-refractivity contribution < 1.29 is 14.4 Å². The second-order valence-corrected chi connectivity index (χ2v) is 8.07. The maximum absolute atomic E-state index is 11.6. The Hall–Kier alpha value is -2.57. The first-order valence-electron chi connectivity index (χ1n) is 10.2. The summed E-state index contributed by atoms with van der Waals surface area (Å²) in [6.45, 7) is 7.34. The molecular weight excluding hydrogens is 402 g/mol. The maximum Gasteiger partial charge on any atom is 0.341 e. The van der Waals surface area contributed by atoms with Gasteiger partial charge in [-0.25, -0.2) is 15.3 Å². The second kappa shape index (κ2) is 9.96. The molecule has 1 aliphatic heterocycles. The van der Waals surface area contributed by atoms with Gasteiger partial charge in [-0.1, -0.05) is 48.4 Å². The SMILES string of the molecule is CC/C(C)=C\C=C(/C)c1oc(C2CCN(C(=O)NO)CC2)nc1-c1ccc(Cl)cc1. The fourth-order valence-corrected chi connectivity index (χ4v) is 3.57.